The van der Waals surface area contributed by atoms with Gasteiger partial charge in [0, 0.05) is 36.9 Å². The molecule has 1 aromatic carbocycles. The Morgan fingerprint density at radius 1 is 1.16 bits per heavy atom. The van der Waals surface area contributed by atoms with Crippen molar-refractivity contribution in [1.29, 1.82) is 0 Å². The summed E-state index contributed by atoms with van der Waals surface area (Å²) in [5.74, 6) is 0.771. The van der Waals surface area contributed by atoms with Crippen molar-refractivity contribution in [2.45, 2.75) is 57.5 Å². The topological polar surface area (TPSA) is 95.8 Å². The van der Waals surface area contributed by atoms with Crippen LogP contribution in [-0.4, -0.2) is 57.8 Å². The third-order valence-electron chi connectivity index (χ3n) is 7.77. The second kappa shape index (κ2) is 13.5. The number of piperidine rings is 1. The van der Waals surface area contributed by atoms with Gasteiger partial charge in [-0.1, -0.05) is 6.07 Å². The molecule has 198 valence electrons. The molecule has 0 amide bonds. The number of likely N-dealkylation sites (tertiary alicyclic amines) is 1. The number of hydrogen-bond acceptors (Lipinski definition) is 6. The van der Waals surface area contributed by atoms with Crippen LogP contribution in [0.2, 0.25) is 0 Å². The summed E-state index contributed by atoms with van der Waals surface area (Å²) in [5.41, 5.74) is 2.99. The zero-order valence-corrected chi connectivity index (χ0v) is 21.8. The number of pyridine rings is 2. The molecule has 0 radical (unpaired) electrons. The fourth-order valence-electron chi connectivity index (χ4n) is 5.68. The molecule has 0 unspecified atom stereocenters. The van der Waals surface area contributed by atoms with Crippen LogP contribution >= 0.6 is 0 Å². The average molecular weight is 506 g/mol. The van der Waals surface area contributed by atoms with Crippen LogP contribution in [0.25, 0.3) is 10.9 Å². The summed E-state index contributed by atoms with van der Waals surface area (Å²) in [6.07, 6.45) is 11.7. The Balaban J connectivity index is 1.32. The predicted octanol–water partition coefficient (Wildman–Crippen LogP) is 5.28. The molecule has 7 heteroatoms. The Morgan fingerprint density at radius 2 is 2.05 bits per heavy atom. The summed E-state index contributed by atoms with van der Waals surface area (Å²) in [7, 11) is 1.64. The average Bonchev–Trinajstić information content (AvgIpc) is 2.93. The summed E-state index contributed by atoms with van der Waals surface area (Å²) in [4.78, 5) is 22.5. The van der Waals surface area contributed by atoms with Gasteiger partial charge in [0.15, 0.2) is 0 Å². The summed E-state index contributed by atoms with van der Waals surface area (Å²) in [6, 6.07) is 11.7. The maximum atomic E-state index is 11.3. The summed E-state index contributed by atoms with van der Waals surface area (Å²) in [6.45, 7) is 3.02. The van der Waals surface area contributed by atoms with Crippen molar-refractivity contribution < 1.29 is 19.7 Å². The van der Waals surface area contributed by atoms with Crippen molar-refractivity contribution in [3.8, 4) is 5.75 Å². The Morgan fingerprint density at radius 3 is 2.84 bits per heavy atom. The van der Waals surface area contributed by atoms with E-state index < -0.39 is 12.1 Å². The highest BCUT2D eigenvalue weighted by Gasteiger charge is 2.30. The van der Waals surface area contributed by atoms with Gasteiger partial charge in [0.2, 0.25) is 0 Å². The highest BCUT2D eigenvalue weighted by atomic mass is 16.5. The quantitative estimate of drug-likeness (QED) is 0.305. The first-order chi connectivity index (χ1) is 18.0. The maximum absolute atomic E-state index is 11.3. The number of hydrogen-bond donors (Lipinski definition) is 2. The van der Waals surface area contributed by atoms with E-state index in [4.69, 9.17) is 4.74 Å². The van der Waals surface area contributed by atoms with Gasteiger partial charge in [-0.2, -0.15) is 0 Å². The van der Waals surface area contributed by atoms with E-state index in [-0.39, 0.29) is 6.42 Å². The number of aliphatic hydroxyl groups excluding tert-OH is 1. The molecule has 0 saturated carbocycles. The molecule has 0 aliphatic carbocycles. The molecule has 3 heterocycles. The molecule has 37 heavy (non-hydrogen) atoms. The lowest BCUT2D eigenvalue weighted by Crippen LogP contribution is -2.41. The molecule has 2 N–H and O–H groups in total. The number of ether oxygens (including phenoxy) is 1. The lowest BCUT2D eigenvalue weighted by Gasteiger charge is -2.39. The number of benzene rings is 1. The number of aromatic nitrogens is 2. The summed E-state index contributed by atoms with van der Waals surface area (Å²) < 4.78 is 5.38. The minimum atomic E-state index is -0.732. The van der Waals surface area contributed by atoms with Crippen molar-refractivity contribution in [3.63, 3.8) is 0 Å². The Labute approximate surface area is 219 Å². The van der Waals surface area contributed by atoms with Crippen LogP contribution in [-0.2, 0) is 11.2 Å². The van der Waals surface area contributed by atoms with E-state index in [0.29, 0.717) is 24.7 Å². The largest absolute Gasteiger partial charge is 0.497 e. The van der Waals surface area contributed by atoms with E-state index in [9.17, 15) is 15.0 Å². The number of carboxylic acids is 1. The molecule has 7 nitrogen and oxygen atoms in total. The standard InChI is InChI=1S/C30H39N3O4/c1-37-25-9-10-28-27(19-25)26(13-16-32-28)29(34)11-7-23-14-18-33(21-24(23)8-12-30(35)36)17-3-2-5-22-6-4-15-31-20-22/h4,6,9-10,13,15-16,19-20,23-24,29,34H,2-3,5,7-8,11-12,14,17-18,21H2,1H3,(H,35,36)/t23-,24-,29-/m1/s1. The van der Waals surface area contributed by atoms with Gasteiger partial charge in [0.25, 0.3) is 0 Å². The second-order valence-corrected chi connectivity index (χ2v) is 10.2. The molecule has 1 saturated heterocycles. The van der Waals surface area contributed by atoms with Crippen molar-refractivity contribution in [3.05, 3.63) is 66.1 Å². The van der Waals surface area contributed by atoms with Crippen LogP contribution in [0.15, 0.2) is 55.0 Å². The third kappa shape index (κ3) is 7.73. The number of aliphatic hydroxyl groups is 1. The van der Waals surface area contributed by atoms with E-state index in [1.165, 1.54) is 5.56 Å². The first-order valence-electron chi connectivity index (χ1n) is 13.5. The summed E-state index contributed by atoms with van der Waals surface area (Å²) >= 11 is 0. The molecule has 0 bridgehead atoms. The monoisotopic (exact) mass is 505 g/mol. The lowest BCUT2D eigenvalue weighted by atomic mass is 9.79. The van der Waals surface area contributed by atoms with Gasteiger partial charge < -0.3 is 19.8 Å². The van der Waals surface area contributed by atoms with Gasteiger partial charge >= 0.3 is 5.97 Å². The number of fused-ring (bicyclic) bond motifs is 1. The molecule has 1 aliphatic rings. The van der Waals surface area contributed by atoms with Crippen LogP contribution < -0.4 is 4.74 Å². The SMILES string of the molecule is COc1ccc2nccc([C@H](O)CC[C@@H]3CCN(CCCCc4cccnc4)C[C@H]3CCC(=O)O)c2c1. The fourth-order valence-corrected chi connectivity index (χ4v) is 5.68. The minimum Gasteiger partial charge on any atom is -0.497 e. The van der Waals surface area contributed by atoms with Crippen LogP contribution in [0, 0.1) is 11.8 Å². The van der Waals surface area contributed by atoms with Crippen molar-refractivity contribution >= 4 is 16.9 Å². The predicted molar refractivity (Wildman–Crippen MR) is 145 cm³/mol. The highest BCUT2D eigenvalue weighted by molar-refractivity contribution is 5.83. The zero-order valence-electron chi connectivity index (χ0n) is 21.8. The molecule has 4 rings (SSSR count). The van der Waals surface area contributed by atoms with Gasteiger partial charge in [0.05, 0.1) is 18.7 Å². The van der Waals surface area contributed by atoms with E-state index in [0.717, 1.165) is 74.0 Å². The van der Waals surface area contributed by atoms with E-state index >= 15 is 0 Å². The van der Waals surface area contributed by atoms with Gasteiger partial charge in [-0.25, -0.2) is 0 Å². The molecular weight excluding hydrogens is 466 g/mol. The van der Waals surface area contributed by atoms with E-state index in [1.54, 1.807) is 19.5 Å². The number of nitrogens with zero attached hydrogens (tertiary/aromatic N) is 3. The van der Waals surface area contributed by atoms with Gasteiger partial charge in [0.1, 0.15) is 5.75 Å². The third-order valence-corrected chi connectivity index (χ3v) is 7.77. The number of aryl methyl sites for hydroxylation is 1. The summed E-state index contributed by atoms with van der Waals surface area (Å²) in [5, 5.41) is 21.4. The molecule has 0 spiro atoms. The zero-order chi connectivity index (χ0) is 26.0. The van der Waals surface area contributed by atoms with Crippen molar-refractivity contribution in [2.24, 2.45) is 11.8 Å². The number of unbranched alkanes of at least 4 members (excludes halogenated alkanes) is 1. The number of rotatable bonds is 13. The van der Waals surface area contributed by atoms with E-state index in [2.05, 4.69) is 20.9 Å². The molecule has 3 atom stereocenters. The van der Waals surface area contributed by atoms with Crippen molar-refractivity contribution in [2.75, 3.05) is 26.7 Å². The lowest BCUT2D eigenvalue weighted by molar-refractivity contribution is -0.137. The number of aliphatic carboxylic acids is 1. The van der Waals surface area contributed by atoms with Gasteiger partial charge in [-0.15, -0.1) is 0 Å². The Hall–Kier alpha value is -3.03. The Kier molecular flexibility index (Phi) is 9.85. The Bertz CT molecular complexity index is 1140. The number of carboxylic acid groups (broad SMARTS) is 1. The highest BCUT2D eigenvalue weighted by Crippen LogP contribution is 2.35. The van der Waals surface area contributed by atoms with Crippen molar-refractivity contribution in [1.82, 2.24) is 14.9 Å². The van der Waals surface area contributed by atoms with Gasteiger partial charge in [-0.05, 0) is 111 Å². The normalized spacial score (nSPS) is 19.1. The van der Waals surface area contributed by atoms with Crippen LogP contribution in [0.3, 0.4) is 0 Å². The second-order valence-electron chi connectivity index (χ2n) is 10.2. The smallest absolute Gasteiger partial charge is 0.303 e. The first kappa shape index (κ1) is 27.0. The molecule has 2 aromatic heterocycles. The molecule has 1 fully saturated rings. The first-order valence-corrected chi connectivity index (χ1v) is 13.5. The van der Waals surface area contributed by atoms with Gasteiger partial charge in [-0.3, -0.25) is 14.8 Å². The fraction of sp³-hybridized carbons (Fsp3) is 0.500. The van der Waals surface area contributed by atoms with Crippen LogP contribution in [0.1, 0.15) is 62.2 Å². The van der Waals surface area contributed by atoms with E-state index in [1.807, 2.05) is 36.5 Å². The number of methoxy groups -OCH3 is 1. The van der Waals surface area contributed by atoms with Crippen LogP contribution in [0.5, 0.6) is 5.75 Å². The molecule has 3 aromatic rings. The molecule has 1 aliphatic heterocycles. The van der Waals surface area contributed by atoms with Crippen LogP contribution in [0.4, 0.5) is 0 Å². The maximum Gasteiger partial charge on any atom is 0.303 e. The number of carbonyl (C=O) groups is 1. The minimum absolute atomic E-state index is 0.202. The molecular formula is C30H39N3O4.